The molecule has 7 unspecified atom stereocenters. The first kappa shape index (κ1) is 25.9. The molecule has 6 heteroatoms. The zero-order valence-electron chi connectivity index (χ0n) is 20.5. The fourth-order valence-corrected chi connectivity index (χ4v) is 6.29. The molecule has 2 aliphatic carbocycles. The highest BCUT2D eigenvalue weighted by molar-refractivity contribution is 6.24. The minimum Gasteiger partial charge on any atom is -0.481 e. The Kier molecular flexibility index (Phi) is 8.45. The summed E-state index contributed by atoms with van der Waals surface area (Å²) in [5.41, 5.74) is 0.918. The molecule has 1 saturated heterocycles. The van der Waals surface area contributed by atoms with Crippen LogP contribution >= 0.6 is 0 Å². The van der Waals surface area contributed by atoms with Gasteiger partial charge >= 0.3 is 5.97 Å². The standard InChI is InChI=1S/C28H37NO5/c1-5-8-9-11-17(7-3)23-24(27(32)29-26(23)31)25(30)22-18(10-6-2)12-13-19-15-20(28(33)34)14-16(4)21(19)22/h6-7,10,12-13,16,18-22,24H,3,5,8-9,11,14-15H2,1-2,4H3,(H,33,34)(H,29,31,32). The molecule has 2 fully saturated rings. The Hall–Kier alpha value is -2.76. The van der Waals surface area contributed by atoms with Crippen molar-refractivity contribution in [2.45, 2.75) is 59.3 Å². The molecule has 0 bridgehead atoms. The Morgan fingerprint density at radius 1 is 1.21 bits per heavy atom. The van der Waals surface area contributed by atoms with Crippen LogP contribution in [-0.4, -0.2) is 28.7 Å². The number of hydrogen-bond donors (Lipinski definition) is 2. The van der Waals surface area contributed by atoms with Crippen LogP contribution in [0.4, 0.5) is 0 Å². The number of nitrogens with one attached hydrogen (secondary N) is 1. The van der Waals surface area contributed by atoms with Crippen LogP contribution < -0.4 is 5.32 Å². The lowest BCUT2D eigenvalue weighted by molar-refractivity contribution is -0.145. The molecule has 3 rings (SSSR count). The molecule has 7 atom stereocenters. The van der Waals surface area contributed by atoms with Gasteiger partial charge in [-0.15, -0.1) is 0 Å². The lowest BCUT2D eigenvalue weighted by atomic mass is 9.56. The summed E-state index contributed by atoms with van der Waals surface area (Å²) in [7, 11) is 0. The summed E-state index contributed by atoms with van der Waals surface area (Å²) in [5.74, 6) is -4.48. The van der Waals surface area contributed by atoms with E-state index in [1.165, 1.54) is 0 Å². The van der Waals surface area contributed by atoms with Gasteiger partial charge in [-0.3, -0.25) is 24.5 Å². The highest BCUT2D eigenvalue weighted by atomic mass is 16.4. The van der Waals surface area contributed by atoms with E-state index < -0.39 is 35.5 Å². The van der Waals surface area contributed by atoms with Crippen LogP contribution in [0.5, 0.6) is 0 Å². The van der Waals surface area contributed by atoms with Gasteiger partial charge in [0.25, 0.3) is 5.91 Å². The molecule has 6 nitrogen and oxygen atoms in total. The largest absolute Gasteiger partial charge is 0.481 e. The van der Waals surface area contributed by atoms with Crippen molar-refractivity contribution in [3.63, 3.8) is 0 Å². The number of aliphatic carboxylic acids is 1. The molecule has 3 aliphatic rings. The molecule has 0 spiro atoms. The molecule has 0 radical (unpaired) electrons. The van der Waals surface area contributed by atoms with E-state index in [1.54, 1.807) is 6.08 Å². The molecule has 0 aromatic heterocycles. The van der Waals surface area contributed by atoms with E-state index in [1.807, 2.05) is 32.1 Å². The summed E-state index contributed by atoms with van der Waals surface area (Å²) in [6.07, 6.45) is 14.0. The van der Waals surface area contributed by atoms with E-state index >= 15 is 0 Å². The fourth-order valence-electron chi connectivity index (χ4n) is 6.29. The van der Waals surface area contributed by atoms with Crippen molar-refractivity contribution in [2.24, 2.45) is 41.4 Å². The van der Waals surface area contributed by atoms with Gasteiger partial charge in [0.15, 0.2) is 5.78 Å². The number of hydrogen-bond acceptors (Lipinski definition) is 4. The van der Waals surface area contributed by atoms with Crippen molar-refractivity contribution in [1.29, 1.82) is 0 Å². The Bertz CT molecular complexity index is 942. The zero-order chi connectivity index (χ0) is 25.0. The Balaban J connectivity index is 2.02. The second-order valence-electron chi connectivity index (χ2n) is 9.99. The van der Waals surface area contributed by atoms with Gasteiger partial charge < -0.3 is 5.11 Å². The lowest BCUT2D eigenvalue weighted by Crippen LogP contribution is -2.47. The number of fused-ring (bicyclic) bond motifs is 1. The molecule has 1 aliphatic heterocycles. The van der Waals surface area contributed by atoms with Crippen LogP contribution in [0.3, 0.4) is 0 Å². The summed E-state index contributed by atoms with van der Waals surface area (Å²) in [5, 5.41) is 12.0. The second kappa shape index (κ2) is 11.1. The second-order valence-corrected chi connectivity index (χ2v) is 9.99. The predicted octanol–water partition coefficient (Wildman–Crippen LogP) is 4.63. The predicted molar refractivity (Wildman–Crippen MR) is 130 cm³/mol. The maximum Gasteiger partial charge on any atom is 0.306 e. The summed E-state index contributed by atoms with van der Waals surface area (Å²) >= 11 is 0. The van der Waals surface area contributed by atoms with Gasteiger partial charge in [-0.2, -0.15) is 0 Å². The fraction of sp³-hybridized carbons (Fsp3) is 0.571. The van der Waals surface area contributed by atoms with Crippen molar-refractivity contribution in [1.82, 2.24) is 5.32 Å². The van der Waals surface area contributed by atoms with Crippen LogP contribution in [-0.2, 0) is 19.2 Å². The number of rotatable bonds is 9. The normalized spacial score (nSPS) is 34.6. The lowest BCUT2D eigenvalue weighted by Gasteiger charge is -2.46. The van der Waals surface area contributed by atoms with Gasteiger partial charge in [0, 0.05) is 17.4 Å². The molecule has 0 aromatic rings. The summed E-state index contributed by atoms with van der Waals surface area (Å²) in [6, 6.07) is 0. The Morgan fingerprint density at radius 2 is 1.94 bits per heavy atom. The molecule has 2 N–H and O–H groups in total. The smallest absolute Gasteiger partial charge is 0.306 e. The van der Waals surface area contributed by atoms with Gasteiger partial charge in [-0.25, -0.2) is 0 Å². The van der Waals surface area contributed by atoms with Gasteiger partial charge in [-0.05, 0) is 55.9 Å². The number of carbonyl (C=O) groups excluding carboxylic acids is 3. The first-order chi connectivity index (χ1) is 16.2. The van der Waals surface area contributed by atoms with E-state index in [4.69, 9.17) is 0 Å². The van der Waals surface area contributed by atoms with Crippen molar-refractivity contribution >= 4 is 23.6 Å². The van der Waals surface area contributed by atoms with E-state index in [0.717, 1.165) is 19.3 Å². The highest BCUT2D eigenvalue weighted by Gasteiger charge is 2.52. The molecule has 1 saturated carbocycles. The third-order valence-electron chi connectivity index (χ3n) is 7.83. The number of imide groups is 1. The van der Waals surface area contributed by atoms with E-state index in [2.05, 4.69) is 24.9 Å². The third-order valence-corrected chi connectivity index (χ3v) is 7.83. The Labute approximate surface area is 202 Å². The van der Waals surface area contributed by atoms with E-state index in [-0.39, 0.29) is 35.0 Å². The Morgan fingerprint density at radius 3 is 2.56 bits per heavy atom. The maximum atomic E-state index is 14.2. The minimum absolute atomic E-state index is 0.00234. The van der Waals surface area contributed by atoms with Gasteiger partial charge in [-0.1, -0.05) is 63.6 Å². The number of unbranched alkanes of at least 4 members (excludes halogenated alkanes) is 2. The third kappa shape index (κ3) is 5.01. The van der Waals surface area contributed by atoms with Gasteiger partial charge in [0.2, 0.25) is 5.91 Å². The number of Topliss-reactive ketones (excluding diaryl/α,β-unsaturated/α-hetero) is 1. The number of carboxylic acids is 1. The molecule has 1 heterocycles. The summed E-state index contributed by atoms with van der Waals surface area (Å²) < 4.78 is 0. The molecule has 184 valence electrons. The highest BCUT2D eigenvalue weighted by Crippen LogP contribution is 2.50. The van der Waals surface area contributed by atoms with Crippen LogP contribution in [0.1, 0.15) is 59.3 Å². The molecule has 0 aromatic carbocycles. The number of amides is 2. The van der Waals surface area contributed by atoms with Crippen molar-refractivity contribution in [3.05, 3.63) is 48.1 Å². The average Bonchev–Trinajstić information content (AvgIpc) is 3.09. The average molecular weight is 468 g/mol. The van der Waals surface area contributed by atoms with Crippen molar-refractivity contribution in [3.8, 4) is 0 Å². The monoisotopic (exact) mass is 467 g/mol. The van der Waals surface area contributed by atoms with E-state index in [0.29, 0.717) is 24.8 Å². The van der Waals surface area contributed by atoms with Crippen LogP contribution in [0.25, 0.3) is 0 Å². The molecule has 34 heavy (non-hydrogen) atoms. The number of carbonyl (C=O) groups is 4. The van der Waals surface area contributed by atoms with Crippen molar-refractivity contribution in [2.75, 3.05) is 0 Å². The van der Waals surface area contributed by atoms with Crippen LogP contribution in [0, 0.1) is 41.4 Å². The zero-order valence-corrected chi connectivity index (χ0v) is 20.5. The SMILES string of the molecule is C=CC(CCCCC)=C1C(=O)NC(=O)C1C(=O)C1C(C=CC)C=CC2CC(C(=O)O)CC(C)C21. The van der Waals surface area contributed by atoms with Crippen LogP contribution in [0.2, 0.25) is 0 Å². The van der Waals surface area contributed by atoms with Crippen molar-refractivity contribution < 1.29 is 24.3 Å². The molecular weight excluding hydrogens is 430 g/mol. The first-order valence-electron chi connectivity index (χ1n) is 12.5. The van der Waals surface area contributed by atoms with E-state index in [9.17, 15) is 24.3 Å². The quantitative estimate of drug-likeness (QED) is 0.169. The topological polar surface area (TPSA) is 101 Å². The molecular formula is C28H37NO5. The summed E-state index contributed by atoms with van der Waals surface area (Å²) in [4.78, 5) is 51.6. The van der Waals surface area contributed by atoms with Gasteiger partial charge in [0.1, 0.15) is 5.92 Å². The minimum atomic E-state index is -1.14. The number of allylic oxidation sites excluding steroid dienone is 6. The van der Waals surface area contributed by atoms with Gasteiger partial charge in [0.05, 0.1) is 5.92 Å². The number of ketones is 1. The first-order valence-corrected chi connectivity index (χ1v) is 12.5. The molecule has 2 amide bonds. The van der Waals surface area contributed by atoms with Crippen LogP contribution in [0.15, 0.2) is 48.1 Å². The summed E-state index contributed by atoms with van der Waals surface area (Å²) in [6.45, 7) is 9.85. The maximum absolute atomic E-state index is 14.2. The number of carboxylic acid groups (broad SMARTS) is 1.